The van der Waals surface area contributed by atoms with Gasteiger partial charge in [0.2, 0.25) is 6.79 Å². The van der Waals surface area contributed by atoms with Crippen molar-refractivity contribution in [2.24, 2.45) is 0 Å². The van der Waals surface area contributed by atoms with Gasteiger partial charge in [0.05, 0.1) is 18.5 Å². The molecular weight excluding hydrogens is 550 g/mol. The Kier molecular flexibility index (Phi) is 8.32. The number of rotatable bonds is 6. The van der Waals surface area contributed by atoms with Crippen LogP contribution in [0.5, 0.6) is 17.2 Å². The number of methoxy groups -OCH3 is 1. The Balaban J connectivity index is 1.23. The summed E-state index contributed by atoms with van der Waals surface area (Å²) >= 11 is 0. The number of piperazine rings is 1. The predicted molar refractivity (Wildman–Crippen MR) is 161 cm³/mol. The predicted octanol–water partition coefficient (Wildman–Crippen LogP) is 3.07. The highest BCUT2D eigenvalue weighted by Gasteiger charge is 2.26. The maximum atomic E-state index is 13.5. The summed E-state index contributed by atoms with van der Waals surface area (Å²) in [7, 11) is 1.58. The summed E-state index contributed by atoms with van der Waals surface area (Å²) in [6.45, 7) is 5.19. The molecular formula is C32H35N5O6. The minimum Gasteiger partial charge on any atom is -0.497 e. The van der Waals surface area contributed by atoms with Gasteiger partial charge in [-0.15, -0.1) is 0 Å². The topological polar surface area (TPSA) is 113 Å². The third-order valence-electron chi connectivity index (χ3n) is 7.98. The Hall–Kier alpha value is -4.77. The van der Waals surface area contributed by atoms with Crippen LogP contribution >= 0.6 is 0 Å². The lowest BCUT2D eigenvalue weighted by Gasteiger charge is -2.37. The van der Waals surface area contributed by atoms with E-state index in [0.717, 1.165) is 25.2 Å². The molecule has 2 fully saturated rings. The summed E-state index contributed by atoms with van der Waals surface area (Å²) in [4.78, 5) is 45.9. The molecule has 0 atom stereocenters. The highest BCUT2D eigenvalue weighted by Crippen LogP contribution is 2.34. The van der Waals surface area contributed by atoms with E-state index in [1.807, 2.05) is 34.1 Å². The first kappa shape index (κ1) is 28.4. The van der Waals surface area contributed by atoms with Gasteiger partial charge in [0.1, 0.15) is 5.75 Å². The first-order chi connectivity index (χ1) is 21.0. The summed E-state index contributed by atoms with van der Waals surface area (Å²) in [5, 5.41) is 6.37. The lowest BCUT2D eigenvalue weighted by Crippen LogP contribution is -2.49. The second kappa shape index (κ2) is 12.6. The van der Waals surface area contributed by atoms with E-state index in [0.29, 0.717) is 78.9 Å². The molecule has 224 valence electrons. The molecule has 0 unspecified atom stereocenters. The number of fused-ring (bicyclic) bond motifs is 1. The maximum absolute atomic E-state index is 13.5. The van der Waals surface area contributed by atoms with Crippen LogP contribution in [0.1, 0.15) is 37.5 Å². The van der Waals surface area contributed by atoms with Crippen molar-refractivity contribution >= 4 is 29.1 Å². The third kappa shape index (κ3) is 6.21. The van der Waals surface area contributed by atoms with Gasteiger partial charge in [0, 0.05) is 62.5 Å². The zero-order chi connectivity index (χ0) is 29.8. The van der Waals surface area contributed by atoms with Crippen molar-refractivity contribution in [2.45, 2.75) is 6.42 Å². The number of hydrogen-bond acceptors (Lipinski definition) is 8. The van der Waals surface area contributed by atoms with E-state index < -0.39 is 0 Å². The minimum absolute atomic E-state index is 0.0530. The van der Waals surface area contributed by atoms with Gasteiger partial charge >= 0.3 is 0 Å². The molecule has 0 aromatic heterocycles. The van der Waals surface area contributed by atoms with Crippen LogP contribution in [0.4, 0.5) is 11.4 Å². The third-order valence-corrected chi connectivity index (χ3v) is 7.98. The van der Waals surface area contributed by atoms with Gasteiger partial charge in [0.25, 0.3) is 17.7 Å². The maximum Gasteiger partial charge on any atom is 0.255 e. The number of ether oxygens (including phenoxy) is 3. The fourth-order valence-corrected chi connectivity index (χ4v) is 5.60. The van der Waals surface area contributed by atoms with Crippen LogP contribution in [-0.4, -0.2) is 93.8 Å². The monoisotopic (exact) mass is 585 g/mol. The number of amides is 3. The Labute approximate surface area is 250 Å². The van der Waals surface area contributed by atoms with Gasteiger partial charge in [-0.3, -0.25) is 14.4 Å². The summed E-state index contributed by atoms with van der Waals surface area (Å²) in [6.07, 6.45) is 0.885. The summed E-state index contributed by atoms with van der Waals surface area (Å²) in [5.41, 5.74) is 2.83. The molecule has 2 saturated heterocycles. The van der Waals surface area contributed by atoms with E-state index in [2.05, 4.69) is 15.5 Å². The Morgan fingerprint density at radius 3 is 2.33 bits per heavy atom. The van der Waals surface area contributed by atoms with Gasteiger partial charge in [0.15, 0.2) is 11.5 Å². The van der Waals surface area contributed by atoms with Gasteiger partial charge in [-0.2, -0.15) is 0 Å². The minimum atomic E-state index is -0.324. The number of anilines is 2. The molecule has 0 spiro atoms. The van der Waals surface area contributed by atoms with E-state index in [1.165, 1.54) is 0 Å². The standard InChI is InChI=1S/C32H35N5O6/c1-41-25-5-2-4-23(18-25)31(39)37-16-14-35(15-17-37)27-8-6-24(32(40)36-12-3-10-33-11-13-36)19-26(27)34-30(38)22-7-9-28-29(20-22)43-21-42-28/h2,4-9,18-20,33H,3,10-17,21H2,1H3,(H,34,38). The van der Waals surface area contributed by atoms with E-state index in [9.17, 15) is 14.4 Å². The summed E-state index contributed by atoms with van der Waals surface area (Å²) in [6, 6.07) is 17.7. The summed E-state index contributed by atoms with van der Waals surface area (Å²) < 4.78 is 16.1. The SMILES string of the molecule is COc1cccc(C(=O)N2CCN(c3ccc(C(=O)N4CCCNCC4)cc3NC(=O)c3ccc4c(c3)OCO4)CC2)c1. The van der Waals surface area contributed by atoms with Crippen molar-refractivity contribution in [1.82, 2.24) is 15.1 Å². The van der Waals surface area contributed by atoms with Crippen LogP contribution in [0, 0.1) is 0 Å². The molecule has 0 bridgehead atoms. The number of carbonyl (C=O) groups excluding carboxylic acids is 3. The van der Waals surface area contributed by atoms with Crippen molar-refractivity contribution < 1.29 is 28.6 Å². The zero-order valence-corrected chi connectivity index (χ0v) is 24.1. The second-order valence-electron chi connectivity index (χ2n) is 10.7. The van der Waals surface area contributed by atoms with Crippen molar-refractivity contribution in [3.63, 3.8) is 0 Å². The average Bonchev–Trinajstić information content (AvgIpc) is 3.36. The average molecular weight is 586 g/mol. The molecule has 0 radical (unpaired) electrons. The lowest BCUT2D eigenvalue weighted by molar-refractivity contribution is 0.0743. The van der Waals surface area contributed by atoms with Gasteiger partial charge in [-0.25, -0.2) is 0 Å². The molecule has 43 heavy (non-hydrogen) atoms. The van der Waals surface area contributed by atoms with Crippen molar-refractivity contribution in [1.29, 1.82) is 0 Å². The van der Waals surface area contributed by atoms with Crippen molar-refractivity contribution in [3.05, 3.63) is 77.4 Å². The zero-order valence-electron chi connectivity index (χ0n) is 24.1. The van der Waals surface area contributed by atoms with Crippen LogP contribution in [0.25, 0.3) is 0 Å². The Morgan fingerprint density at radius 2 is 1.51 bits per heavy atom. The number of nitrogens with zero attached hydrogens (tertiary/aromatic N) is 3. The highest BCUT2D eigenvalue weighted by molar-refractivity contribution is 6.07. The quantitative estimate of drug-likeness (QED) is 0.454. The van der Waals surface area contributed by atoms with E-state index in [1.54, 1.807) is 43.5 Å². The van der Waals surface area contributed by atoms with Gasteiger partial charge in [-0.05, 0) is 67.6 Å². The van der Waals surface area contributed by atoms with Gasteiger partial charge < -0.3 is 39.5 Å². The molecule has 3 aliphatic rings. The lowest BCUT2D eigenvalue weighted by atomic mass is 10.1. The first-order valence-electron chi connectivity index (χ1n) is 14.5. The van der Waals surface area contributed by atoms with Gasteiger partial charge in [-0.1, -0.05) is 6.07 Å². The molecule has 6 rings (SSSR count). The van der Waals surface area contributed by atoms with E-state index >= 15 is 0 Å². The largest absolute Gasteiger partial charge is 0.497 e. The molecule has 3 aliphatic heterocycles. The molecule has 0 aliphatic carbocycles. The molecule has 11 heteroatoms. The molecule has 3 heterocycles. The van der Waals surface area contributed by atoms with Crippen molar-refractivity contribution in [2.75, 3.05) is 76.5 Å². The van der Waals surface area contributed by atoms with Crippen LogP contribution < -0.4 is 29.7 Å². The molecule has 0 saturated carbocycles. The second-order valence-corrected chi connectivity index (χ2v) is 10.7. The Bertz CT molecular complexity index is 1510. The normalized spacial score (nSPS) is 16.4. The number of hydrogen-bond donors (Lipinski definition) is 2. The number of benzene rings is 3. The molecule has 3 amide bonds. The molecule has 11 nitrogen and oxygen atoms in total. The Morgan fingerprint density at radius 1 is 0.767 bits per heavy atom. The van der Waals surface area contributed by atoms with Crippen LogP contribution in [0.2, 0.25) is 0 Å². The fourth-order valence-electron chi connectivity index (χ4n) is 5.60. The smallest absolute Gasteiger partial charge is 0.255 e. The van der Waals surface area contributed by atoms with Crippen molar-refractivity contribution in [3.8, 4) is 17.2 Å². The molecule has 3 aromatic carbocycles. The number of nitrogens with one attached hydrogen (secondary N) is 2. The van der Waals surface area contributed by atoms with E-state index in [4.69, 9.17) is 14.2 Å². The summed E-state index contributed by atoms with van der Waals surface area (Å²) in [5.74, 6) is 1.31. The number of carbonyl (C=O) groups is 3. The van der Waals surface area contributed by atoms with Crippen LogP contribution in [0.3, 0.4) is 0 Å². The molecule has 3 aromatic rings. The van der Waals surface area contributed by atoms with E-state index in [-0.39, 0.29) is 24.5 Å². The fraction of sp³-hybridized carbons (Fsp3) is 0.344. The first-order valence-corrected chi connectivity index (χ1v) is 14.5. The van der Waals surface area contributed by atoms with Crippen LogP contribution in [-0.2, 0) is 0 Å². The highest BCUT2D eigenvalue weighted by atomic mass is 16.7. The van der Waals surface area contributed by atoms with Crippen LogP contribution in [0.15, 0.2) is 60.7 Å². The molecule has 2 N–H and O–H groups in total.